The van der Waals surface area contributed by atoms with Crippen molar-refractivity contribution >= 4 is 16.9 Å². The Bertz CT molecular complexity index is 761. The summed E-state index contributed by atoms with van der Waals surface area (Å²) in [6.07, 6.45) is 5.74. The third-order valence-electron chi connectivity index (χ3n) is 6.12. The van der Waals surface area contributed by atoms with Crippen molar-refractivity contribution in [1.29, 1.82) is 0 Å². The lowest BCUT2D eigenvalue weighted by Crippen LogP contribution is -2.44. The first-order chi connectivity index (χ1) is 11.6. The van der Waals surface area contributed by atoms with E-state index in [9.17, 15) is 4.79 Å². The minimum absolute atomic E-state index is 0.233. The zero-order valence-corrected chi connectivity index (χ0v) is 14.7. The highest BCUT2D eigenvalue weighted by Crippen LogP contribution is 2.37. The van der Waals surface area contributed by atoms with Crippen LogP contribution < -0.4 is 5.32 Å². The summed E-state index contributed by atoms with van der Waals surface area (Å²) in [6, 6.07) is 4.21. The van der Waals surface area contributed by atoms with Crippen LogP contribution in [-0.2, 0) is 11.2 Å². The van der Waals surface area contributed by atoms with E-state index in [-0.39, 0.29) is 5.91 Å². The summed E-state index contributed by atoms with van der Waals surface area (Å²) in [6.45, 7) is 8.24. The number of carbonyl (C=O) groups excluding carboxylic acids is 1. The predicted octanol–water partition coefficient (Wildman–Crippen LogP) is 3.19. The molecule has 1 amide bonds. The average Bonchev–Trinajstić information content (AvgIpc) is 3.17. The molecule has 0 unspecified atom stereocenters. The largest absolute Gasteiger partial charge is 0.464 e. The number of nitrogens with one attached hydrogen (secondary N) is 1. The van der Waals surface area contributed by atoms with Gasteiger partial charge in [0.25, 0.3) is 0 Å². The maximum atomic E-state index is 12.7. The maximum absolute atomic E-state index is 12.7. The lowest BCUT2D eigenvalue weighted by Gasteiger charge is -2.38. The van der Waals surface area contributed by atoms with E-state index in [2.05, 4.69) is 31.3 Å². The highest BCUT2D eigenvalue weighted by molar-refractivity contribution is 5.88. The third kappa shape index (κ3) is 2.73. The minimum Gasteiger partial charge on any atom is -0.464 e. The van der Waals surface area contributed by atoms with Crippen molar-refractivity contribution in [3.05, 3.63) is 35.1 Å². The second-order valence-electron chi connectivity index (χ2n) is 7.68. The molecule has 2 aliphatic rings. The highest BCUT2D eigenvalue weighted by atomic mass is 16.3. The molecule has 0 aliphatic carbocycles. The normalized spacial score (nSPS) is 20.2. The molecule has 2 aromatic rings. The number of amides is 1. The number of nitrogens with zero attached hydrogens (tertiary/aromatic N) is 1. The Labute approximate surface area is 143 Å². The smallest absolute Gasteiger partial charge is 0.227 e. The van der Waals surface area contributed by atoms with Crippen molar-refractivity contribution in [2.45, 2.75) is 39.5 Å². The molecule has 4 rings (SSSR count). The molecule has 24 heavy (non-hydrogen) atoms. The average molecular weight is 326 g/mol. The quantitative estimate of drug-likeness (QED) is 0.922. The Morgan fingerprint density at radius 2 is 1.96 bits per heavy atom. The van der Waals surface area contributed by atoms with E-state index in [4.69, 9.17) is 4.42 Å². The van der Waals surface area contributed by atoms with Crippen molar-refractivity contribution in [2.75, 3.05) is 26.2 Å². The zero-order valence-electron chi connectivity index (χ0n) is 14.7. The molecule has 1 aromatic heterocycles. The van der Waals surface area contributed by atoms with Gasteiger partial charge in [-0.25, -0.2) is 0 Å². The number of benzene rings is 1. The van der Waals surface area contributed by atoms with Gasteiger partial charge >= 0.3 is 0 Å². The van der Waals surface area contributed by atoms with E-state index >= 15 is 0 Å². The summed E-state index contributed by atoms with van der Waals surface area (Å²) in [5.74, 6) is 0.233. The monoisotopic (exact) mass is 326 g/mol. The van der Waals surface area contributed by atoms with E-state index in [1.54, 1.807) is 6.26 Å². The van der Waals surface area contributed by atoms with Crippen LogP contribution in [0.1, 0.15) is 36.0 Å². The molecule has 1 aromatic carbocycles. The molecule has 2 saturated heterocycles. The van der Waals surface area contributed by atoms with Crippen LogP contribution in [0, 0.1) is 19.3 Å². The first kappa shape index (κ1) is 15.7. The molecule has 0 atom stereocenters. The van der Waals surface area contributed by atoms with E-state index in [0.29, 0.717) is 11.8 Å². The molecule has 2 aliphatic heterocycles. The van der Waals surface area contributed by atoms with Gasteiger partial charge in [-0.15, -0.1) is 0 Å². The number of rotatable bonds is 2. The number of furan rings is 1. The number of aryl methyl sites for hydroxylation is 2. The van der Waals surface area contributed by atoms with Gasteiger partial charge in [0.2, 0.25) is 5.91 Å². The molecule has 4 nitrogen and oxygen atoms in total. The highest BCUT2D eigenvalue weighted by Gasteiger charge is 2.38. The van der Waals surface area contributed by atoms with E-state index < -0.39 is 0 Å². The van der Waals surface area contributed by atoms with Crippen molar-refractivity contribution in [1.82, 2.24) is 10.2 Å². The van der Waals surface area contributed by atoms with Gasteiger partial charge in [0.1, 0.15) is 5.58 Å². The fraction of sp³-hybridized carbons (Fsp3) is 0.550. The lowest BCUT2D eigenvalue weighted by atomic mass is 9.78. The first-order valence-electron chi connectivity index (χ1n) is 9.02. The molecule has 1 N–H and O–H groups in total. The molecule has 3 heterocycles. The van der Waals surface area contributed by atoms with Crippen LogP contribution in [0.5, 0.6) is 0 Å². The van der Waals surface area contributed by atoms with E-state index in [1.807, 2.05) is 4.90 Å². The fourth-order valence-electron chi connectivity index (χ4n) is 4.20. The minimum atomic E-state index is 0.233. The molecule has 4 heteroatoms. The first-order valence-corrected chi connectivity index (χ1v) is 9.02. The molecule has 0 bridgehead atoms. The van der Waals surface area contributed by atoms with Gasteiger partial charge in [-0.1, -0.05) is 0 Å². The van der Waals surface area contributed by atoms with Gasteiger partial charge in [-0.2, -0.15) is 0 Å². The van der Waals surface area contributed by atoms with Gasteiger partial charge in [0.15, 0.2) is 0 Å². The van der Waals surface area contributed by atoms with E-state index in [0.717, 1.165) is 55.6 Å². The summed E-state index contributed by atoms with van der Waals surface area (Å²) < 4.78 is 5.67. The fourth-order valence-corrected chi connectivity index (χ4v) is 4.20. The van der Waals surface area contributed by atoms with Gasteiger partial charge in [-0.3, -0.25) is 4.79 Å². The molecule has 1 spiro atoms. The Kier molecular flexibility index (Phi) is 3.87. The number of hydrogen-bond donors (Lipinski definition) is 1. The van der Waals surface area contributed by atoms with Gasteiger partial charge in [0.05, 0.1) is 12.7 Å². The third-order valence-corrected chi connectivity index (χ3v) is 6.12. The standard InChI is InChI=1S/C20H26N2O2/c1-14-9-17-16(12-24-18(17)10-15(14)2)11-19(23)22-7-4-20(5-8-22)3-6-21-13-20/h9-10,12,21H,3-8,11,13H2,1-2H3. The van der Waals surface area contributed by atoms with Crippen molar-refractivity contribution in [2.24, 2.45) is 5.41 Å². The maximum Gasteiger partial charge on any atom is 0.227 e. The predicted molar refractivity (Wildman–Crippen MR) is 95.1 cm³/mol. The molecular weight excluding hydrogens is 300 g/mol. The lowest BCUT2D eigenvalue weighted by molar-refractivity contribution is -0.132. The Morgan fingerprint density at radius 1 is 1.21 bits per heavy atom. The number of fused-ring (bicyclic) bond motifs is 1. The van der Waals surface area contributed by atoms with Crippen LogP contribution in [0.25, 0.3) is 11.0 Å². The zero-order chi connectivity index (χ0) is 16.7. The number of hydrogen-bond acceptors (Lipinski definition) is 3. The van der Waals surface area contributed by atoms with Crippen molar-refractivity contribution in [3.8, 4) is 0 Å². The number of likely N-dealkylation sites (tertiary alicyclic amines) is 1. The molecule has 0 radical (unpaired) electrons. The summed E-state index contributed by atoms with van der Waals surface area (Å²) >= 11 is 0. The van der Waals surface area contributed by atoms with Crippen LogP contribution in [0.3, 0.4) is 0 Å². The second kappa shape index (κ2) is 5.92. The van der Waals surface area contributed by atoms with Gasteiger partial charge in [0, 0.05) is 30.6 Å². The van der Waals surface area contributed by atoms with Crippen molar-refractivity contribution in [3.63, 3.8) is 0 Å². The van der Waals surface area contributed by atoms with Crippen LogP contribution in [0.2, 0.25) is 0 Å². The molecular formula is C20H26N2O2. The van der Waals surface area contributed by atoms with Gasteiger partial charge in [-0.05, 0) is 68.3 Å². The summed E-state index contributed by atoms with van der Waals surface area (Å²) in [7, 11) is 0. The van der Waals surface area contributed by atoms with Crippen LogP contribution in [0.4, 0.5) is 0 Å². The topological polar surface area (TPSA) is 45.5 Å². The summed E-state index contributed by atoms with van der Waals surface area (Å²) in [4.78, 5) is 14.8. The Balaban J connectivity index is 1.46. The van der Waals surface area contributed by atoms with E-state index in [1.165, 1.54) is 17.5 Å². The number of piperidine rings is 1. The summed E-state index contributed by atoms with van der Waals surface area (Å²) in [5.41, 5.74) is 4.82. The van der Waals surface area contributed by atoms with Crippen LogP contribution >= 0.6 is 0 Å². The van der Waals surface area contributed by atoms with Crippen molar-refractivity contribution < 1.29 is 9.21 Å². The Morgan fingerprint density at radius 3 is 2.67 bits per heavy atom. The summed E-state index contributed by atoms with van der Waals surface area (Å²) in [5, 5.41) is 4.56. The molecule has 0 saturated carbocycles. The van der Waals surface area contributed by atoms with Gasteiger partial charge < -0.3 is 14.6 Å². The molecule has 2 fully saturated rings. The molecule has 128 valence electrons. The van der Waals surface area contributed by atoms with Crippen LogP contribution in [0.15, 0.2) is 22.8 Å². The SMILES string of the molecule is Cc1cc2occ(CC(=O)N3CCC4(CCNC4)CC3)c2cc1C. The Hall–Kier alpha value is -1.81. The number of carbonyl (C=O) groups is 1. The van der Waals surface area contributed by atoms with Crippen LogP contribution in [-0.4, -0.2) is 37.0 Å². The second-order valence-corrected chi connectivity index (χ2v) is 7.68.